The molecule has 4 nitrogen and oxygen atoms in total. The molecule has 0 aliphatic carbocycles. The molecular weight excluding hydrogens is 401 g/mol. The molecule has 1 heterocycles. The molecule has 1 atom stereocenters. The quantitative estimate of drug-likeness (QED) is 0.613. The van der Waals surface area contributed by atoms with Crippen LogP contribution in [0.5, 0.6) is 0 Å². The Morgan fingerprint density at radius 2 is 2.04 bits per heavy atom. The molecule has 5 heteroatoms. The number of fused-ring (bicyclic) bond motifs is 1. The number of benzene rings is 2. The van der Waals surface area contributed by atoms with Gasteiger partial charge >= 0.3 is 0 Å². The van der Waals surface area contributed by atoms with E-state index in [2.05, 4.69) is 57.2 Å². The van der Waals surface area contributed by atoms with E-state index in [9.17, 15) is 4.79 Å². The normalized spacial score (nSPS) is 12.3. The van der Waals surface area contributed by atoms with Crippen LogP contribution in [-0.4, -0.2) is 22.6 Å². The topological polar surface area (TPSA) is 57.8 Å². The molecule has 0 bridgehead atoms. The lowest BCUT2D eigenvalue weighted by atomic mass is 9.96. The lowest BCUT2D eigenvalue weighted by molar-refractivity contribution is 0.0951. The molecule has 0 aliphatic rings. The molecule has 0 fully saturated rings. The van der Waals surface area contributed by atoms with Gasteiger partial charge in [0.1, 0.15) is 3.70 Å². The first-order chi connectivity index (χ1) is 11.2. The molecule has 0 radical (unpaired) electrons. The van der Waals surface area contributed by atoms with Gasteiger partial charge in [0.15, 0.2) is 0 Å². The SMILES string of the molecule is CCC(CNC(=O)c1ccc2[nH]nc(I)c2c1)c1ccccc1. The van der Waals surface area contributed by atoms with E-state index in [1.807, 2.05) is 36.4 Å². The van der Waals surface area contributed by atoms with Crippen molar-refractivity contribution >= 4 is 39.4 Å². The van der Waals surface area contributed by atoms with Gasteiger partial charge in [-0.3, -0.25) is 9.89 Å². The maximum atomic E-state index is 12.4. The number of hydrogen-bond donors (Lipinski definition) is 2. The summed E-state index contributed by atoms with van der Waals surface area (Å²) >= 11 is 2.17. The van der Waals surface area contributed by atoms with E-state index in [1.165, 1.54) is 5.56 Å². The first kappa shape index (κ1) is 16.0. The Balaban J connectivity index is 1.71. The largest absolute Gasteiger partial charge is 0.351 e. The van der Waals surface area contributed by atoms with E-state index in [0.29, 0.717) is 18.0 Å². The van der Waals surface area contributed by atoms with Crippen LogP contribution in [0.4, 0.5) is 0 Å². The lowest BCUT2D eigenvalue weighted by Crippen LogP contribution is -2.28. The predicted octanol–water partition coefficient (Wildman–Crippen LogP) is 4.09. The fraction of sp³-hybridized carbons (Fsp3) is 0.222. The minimum absolute atomic E-state index is 0.0433. The van der Waals surface area contributed by atoms with E-state index < -0.39 is 0 Å². The van der Waals surface area contributed by atoms with Crippen LogP contribution in [0.15, 0.2) is 48.5 Å². The van der Waals surface area contributed by atoms with E-state index in [0.717, 1.165) is 21.0 Å². The van der Waals surface area contributed by atoms with Gasteiger partial charge in [0, 0.05) is 23.4 Å². The molecule has 0 spiro atoms. The van der Waals surface area contributed by atoms with Gasteiger partial charge in [-0.25, -0.2) is 0 Å². The molecule has 2 aromatic carbocycles. The summed E-state index contributed by atoms with van der Waals surface area (Å²) < 4.78 is 0.878. The first-order valence-corrected chi connectivity index (χ1v) is 8.73. The van der Waals surface area contributed by atoms with Gasteiger partial charge in [0.2, 0.25) is 0 Å². The van der Waals surface area contributed by atoms with Gasteiger partial charge in [-0.05, 0) is 52.8 Å². The van der Waals surface area contributed by atoms with Crippen LogP contribution in [0.25, 0.3) is 10.9 Å². The van der Waals surface area contributed by atoms with Gasteiger partial charge in [0.05, 0.1) is 5.52 Å². The Morgan fingerprint density at radius 1 is 1.26 bits per heavy atom. The van der Waals surface area contributed by atoms with Gasteiger partial charge < -0.3 is 5.32 Å². The van der Waals surface area contributed by atoms with Crippen molar-refractivity contribution in [3.05, 3.63) is 63.4 Å². The number of amides is 1. The molecule has 1 amide bonds. The third-order valence-electron chi connectivity index (χ3n) is 4.05. The summed E-state index contributed by atoms with van der Waals surface area (Å²) in [4.78, 5) is 12.4. The summed E-state index contributed by atoms with van der Waals surface area (Å²) in [6.45, 7) is 2.78. The monoisotopic (exact) mass is 419 g/mol. The number of H-pyrrole nitrogens is 1. The summed E-state index contributed by atoms with van der Waals surface area (Å²) in [5.74, 6) is 0.288. The predicted molar refractivity (Wildman–Crippen MR) is 101 cm³/mol. The molecule has 2 N–H and O–H groups in total. The molecule has 23 heavy (non-hydrogen) atoms. The van der Waals surface area contributed by atoms with Crippen LogP contribution in [-0.2, 0) is 0 Å². The Labute approximate surface area is 148 Å². The number of carbonyl (C=O) groups is 1. The highest BCUT2D eigenvalue weighted by Gasteiger charge is 2.13. The molecule has 0 saturated heterocycles. The fourth-order valence-corrected chi connectivity index (χ4v) is 3.23. The number of carbonyl (C=O) groups excluding carboxylic acids is 1. The van der Waals surface area contributed by atoms with E-state index in [1.54, 1.807) is 0 Å². The highest BCUT2D eigenvalue weighted by Crippen LogP contribution is 2.20. The van der Waals surface area contributed by atoms with Crippen LogP contribution in [0.3, 0.4) is 0 Å². The number of nitrogens with one attached hydrogen (secondary N) is 2. The fourth-order valence-electron chi connectivity index (χ4n) is 2.66. The third kappa shape index (κ3) is 3.55. The van der Waals surface area contributed by atoms with E-state index >= 15 is 0 Å². The lowest BCUT2D eigenvalue weighted by Gasteiger charge is -2.16. The number of nitrogens with zero attached hydrogens (tertiary/aromatic N) is 1. The van der Waals surface area contributed by atoms with Crippen molar-refractivity contribution in [2.75, 3.05) is 6.54 Å². The number of hydrogen-bond acceptors (Lipinski definition) is 2. The molecule has 0 saturated carbocycles. The van der Waals surface area contributed by atoms with Crippen molar-refractivity contribution in [2.24, 2.45) is 0 Å². The molecular formula is C18H18IN3O. The molecule has 118 valence electrons. The number of halogens is 1. The van der Waals surface area contributed by atoms with Crippen molar-refractivity contribution < 1.29 is 4.79 Å². The second kappa shape index (κ2) is 7.12. The van der Waals surface area contributed by atoms with Crippen molar-refractivity contribution in [3.8, 4) is 0 Å². The Kier molecular flexibility index (Phi) is 4.95. The van der Waals surface area contributed by atoms with Gasteiger partial charge in [0.25, 0.3) is 5.91 Å². The van der Waals surface area contributed by atoms with Crippen LogP contribution in [0.2, 0.25) is 0 Å². The number of aromatic amines is 1. The zero-order chi connectivity index (χ0) is 16.2. The summed E-state index contributed by atoms with van der Waals surface area (Å²) in [5.41, 5.74) is 2.87. The van der Waals surface area contributed by atoms with Crippen LogP contribution >= 0.6 is 22.6 Å². The highest BCUT2D eigenvalue weighted by atomic mass is 127. The average molecular weight is 419 g/mol. The first-order valence-electron chi connectivity index (χ1n) is 7.65. The van der Waals surface area contributed by atoms with Crippen LogP contribution in [0.1, 0.15) is 35.2 Å². The zero-order valence-electron chi connectivity index (χ0n) is 12.8. The third-order valence-corrected chi connectivity index (χ3v) is 4.87. The van der Waals surface area contributed by atoms with Crippen LogP contribution < -0.4 is 5.32 Å². The standard InChI is InChI=1S/C18H18IN3O/c1-2-12(13-6-4-3-5-7-13)11-20-18(23)14-8-9-16-15(10-14)17(19)22-21-16/h3-10,12H,2,11H2,1H3,(H,20,23)(H,21,22). The van der Waals surface area contributed by atoms with Crippen molar-refractivity contribution in [3.63, 3.8) is 0 Å². The minimum Gasteiger partial charge on any atom is -0.351 e. The molecule has 1 unspecified atom stereocenters. The second-order valence-corrected chi connectivity index (χ2v) is 6.52. The summed E-state index contributed by atoms with van der Waals surface area (Å²) in [6.07, 6.45) is 0.989. The van der Waals surface area contributed by atoms with Gasteiger partial charge in [-0.2, -0.15) is 5.10 Å². The molecule has 3 aromatic rings. The van der Waals surface area contributed by atoms with E-state index in [-0.39, 0.29) is 5.91 Å². The summed E-state index contributed by atoms with van der Waals surface area (Å²) in [5, 5.41) is 11.1. The smallest absolute Gasteiger partial charge is 0.251 e. The van der Waals surface area contributed by atoms with Gasteiger partial charge in [-0.1, -0.05) is 37.3 Å². The molecule has 3 rings (SSSR count). The van der Waals surface area contributed by atoms with Crippen molar-refractivity contribution in [1.82, 2.24) is 15.5 Å². The van der Waals surface area contributed by atoms with Crippen molar-refractivity contribution in [1.29, 1.82) is 0 Å². The number of rotatable bonds is 5. The highest BCUT2D eigenvalue weighted by molar-refractivity contribution is 14.1. The van der Waals surface area contributed by atoms with Crippen molar-refractivity contribution in [2.45, 2.75) is 19.3 Å². The van der Waals surface area contributed by atoms with Crippen LogP contribution in [0, 0.1) is 3.70 Å². The Hall–Kier alpha value is -1.89. The minimum atomic E-state index is -0.0433. The Morgan fingerprint density at radius 3 is 2.78 bits per heavy atom. The zero-order valence-corrected chi connectivity index (χ0v) is 15.0. The maximum absolute atomic E-state index is 12.4. The summed E-state index contributed by atoms with van der Waals surface area (Å²) in [6, 6.07) is 15.9. The molecule has 0 aliphatic heterocycles. The van der Waals surface area contributed by atoms with Gasteiger partial charge in [-0.15, -0.1) is 0 Å². The summed E-state index contributed by atoms with van der Waals surface area (Å²) in [7, 11) is 0. The average Bonchev–Trinajstić information content (AvgIpc) is 2.97. The Bertz CT molecular complexity index is 814. The van der Waals surface area contributed by atoms with E-state index in [4.69, 9.17) is 0 Å². The second-order valence-electron chi connectivity index (χ2n) is 5.50. The number of aromatic nitrogens is 2. The molecule has 1 aromatic heterocycles. The maximum Gasteiger partial charge on any atom is 0.251 e.